The third-order valence-corrected chi connectivity index (χ3v) is 2.33. The predicted octanol–water partition coefficient (Wildman–Crippen LogP) is 0.163. The Morgan fingerprint density at radius 2 is 2.22 bits per heavy atom. The Balaban J connectivity index is 4.03. The van der Waals surface area contributed by atoms with Crippen molar-refractivity contribution in [3.63, 3.8) is 0 Å². The van der Waals surface area contributed by atoms with Crippen molar-refractivity contribution in [2.45, 2.75) is 25.9 Å². The van der Waals surface area contributed by atoms with Gasteiger partial charge in [-0.15, -0.1) is 0 Å². The van der Waals surface area contributed by atoms with E-state index >= 15 is 0 Å². The summed E-state index contributed by atoms with van der Waals surface area (Å²) < 4.78 is 9.72. The number of nitrogens with zero attached hydrogens (tertiary/aromatic N) is 2. The second-order valence-electron chi connectivity index (χ2n) is 3.86. The Labute approximate surface area is 108 Å². The van der Waals surface area contributed by atoms with Crippen molar-refractivity contribution in [1.82, 2.24) is 4.90 Å². The summed E-state index contributed by atoms with van der Waals surface area (Å²) in [5, 5.41) is 18.3. The van der Waals surface area contributed by atoms with Crippen LogP contribution in [0.3, 0.4) is 0 Å². The molecule has 1 unspecified atom stereocenters. The molecule has 6 nitrogen and oxygen atoms in total. The molecule has 1 atom stereocenters. The molecule has 0 bridgehead atoms. The van der Waals surface area contributed by atoms with Crippen LogP contribution < -0.4 is 0 Å². The van der Waals surface area contributed by atoms with Gasteiger partial charge in [-0.25, -0.2) is 0 Å². The number of hydrogen-bond acceptors (Lipinski definition) is 6. The third kappa shape index (κ3) is 8.93. The molecule has 0 heterocycles. The summed E-state index contributed by atoms with van der Waals surface area (Å²) in [6, 6.07) is 2.05. The molecule has 0 saturated carbocycles. The summed E-state index contributed by atoms with van der Waals surface area (Å²) >= 11 is 0. The molecule has 0 rings (SSSR count). The fourth-order valence-electron chi connectivity index (χ4n) is 1.50. The Morgan fingerprint density at radius 3 is 2.78 bits per heavy atom. The van der Waals surface area contributed by atoms with E-state index in [9.17, 15) is 9.90 Å². The number of carbonyl (C=O) groups excluding carboxylic acids is 1. The molecule has 6 heteroatoms. The highest BCUT2D eigenvalue weighted by atomic mass is 16.5. The van der Waals surface area contributed by atoms with Gasteiger partial charge < -0.3 is 14.6 Å². The quantitative estimate of drug-likeness (QED) is 0.562. The topological polar surface area (TPSA) is 82.8 Å². The highest BCUT2D eigenvalue weighted by molar-refractivity contribution is 5.69. The van der Waals surface area contributed by atoms with Crippen molar-refractivity contribution in [3.8, 4) is 6.07 Å². The van der Waals surface area contributed by atoms with Crippen LogP contribution in [-0.4, -0.2) is 62.0 Å². The molecule has 0 saturated heterocycles. The van der Waals surface area contributed by atoms with E-state index in [0.717, 1.165) is 0 Å². The SMILES string of the molecule is CCOC(=O)CC(O)CN(CCC#N)CCOC. The zero-order chi connectivity index (χ0) is 13.8. The number of carbonyl (C=O) groups is 1. The summed E-state index contributed by atoms with van der Waals surface area (Å²) in [7, 11) is 1.59. The van der Waals surface area contributed by atoms with Crippen LogP contribution in [0.25, 0.3) is 0 Å². The van der Waals surface area contributed by atoms with Gasteiger partial charge in [-0.05, 0) is 6.92 Å². The Hall–Kier alpha value is -1.16. The zero-order valence-corrected chi connectivity index (χ0v) is 11.1. The summed E-state index contributed by atoms with van der Waals surface area (Å²) in [5.74, 6) is -0.406. The van der Waals surface area contributed by atoms with E-state index < -0.39 is 12.1 Å². The van der Waals surface area contributed by atoms with E-state index in [0.29, 0.717) is 39.3 Å². The fraction of sp³-hybridized carbons (Fsp3) is 0.833. The number of methoxy groups -OCH3 is 1. The molecule has 0 amide bonds. The first kappa shape index (κ1) is 16.8. The standard InChI is InChI=1S/C12H22N2O4/c1-3-18-12(16)9-11(15)10-14(6-4-5-13)7-8-17-2/h11,15H,3-4,6-10H2,1-2H3. The molecule has 1 N–H and O–H groups in total. The van der Waals surface area contributed by atoms with Crippen molar-refractivity contribution in [2.75, 3.05) is 40.0 Å². The van der Waals surface area contributed by atoms with E-state index in [1.165, 1.54) is 0 Å². The third-order valence-electron chi connectivity index (χ3n) is 2.33. The van der Waals surface area contributed by atoms with Crippen LogP contribution in [0, 0.1) is 11.3 Å². The molecular weight excluding hydrogens is 236 g/mol. The van der Waals surface area contributed by atoms with Crippen LogP contribution in [0.4, 0.5) is 0 Å². The molecule has 0 aromatic carbocycles. The number of hydrogen-bond donors (Lipinski definition) is 1. The largest absolute Gasteiger partial charge is 0.466 e. The summed E-state index contributed by atoms with van der Waals surface area (Å²) in [4.78, 5) is 13.1. The number of nitriles is 1. The van der Waals surface area contributed by atoms with Crippen LogP contribution in [0.1, 0.15) is 19.8 Å². The Bertz CT molecular complexity index is 265. The van der Waals surface area contributed by atoms with Crippen molar-refractivity contribution < 1.29 is 19.4 Å². The lowest BCUT2D eigenvalue weighted by Gasteiger charge is -2.23. The zero-order valence-electron chi connectivity index (χ0n) is 11.1. The average molecular weight is 258 g/mol. The highest BCUT2D eigenvalue weighted by Crippen LogP contribution is 2.00. The maximum atomic E-state index is 11.2. The predicted molar refractivity (Wildman–Crippen MR) is 65.8 cm³/mol. The van der Waals surface area contributed by atoms with E-state index in [2.05, 4.69) is 6.07 Å². The van der Waals surface area contributed by atoms with E-state index in [4.69, 9.17) is 14.7 Å². The molecule has 104 valence electrons. The van der Waals surface area contributed by atoms with E-state index in [-0.39, 0.29) is 6.42 Å². The van der Waals surface area contributed by atoms with Gasteiger partial charge >= 0.3 is 5.97 Å². The van der Waals surface area contributed by atoms with Gasteiger partial charge in [0.15, 0.2) is 0 Å². The molecule has 0 aliphatic heterocycles. The molecule has 0 aliphatic carbocycles. The van der Waals surface area contributed by atoms with Gasteiger partial charge in [0.1, 0.15) is 0 Å². The minimum Gasteiger partial charge on any atom is -0.466 e. The summed E-state index contributed by atoms with van der Waals surface area (Å²) in [5.41, 5.74) is 0. The lowest BCUT2D eigenvalue weighted by atomic mass is 10.2. The summed E-state index contributed by atoms with van der Waals surface area (Å²) in [6.45, 7) is 4.08. The minimum atomic E-state index is -0.778. The van der Waals surface area contributed by atoms with Crippen molar-refractivity contribution in [2.24, 2.45) is 0 Å². The molecular formula is C12H22N2O4. The first-order valence-corrected chi connectivity index (χ1v) is 6.06. The average Bonchev–Trinajstić information content (AvgIpc) is 2.32. The Kier molecular flexibility index (Phi) is 10.3. The van der Waals surface area contributed by atoms with Gasteiger partial charge in [0.05, 0.1) is 31.8 Å². The smallest absolute Gasteiger partial charge is 0.308 e. The lowest BCUT2D eigenvalue weighted by molar-refractivity contribution is -0.145. The molecule has 0 aromatic rings. The number of ether oxygens (including phenoxy) is 2. The second kappa shape index (κ2) is 11.0. The second-order valence-corrected chi connectivity index (χ2v) is 3.86. The maximum absolute atomic E-state index is 11.2. The van der Waals surface area contributed by atoms with E-state index in [1.807, 2.05) is 4.90 Å². The first-order valence-electron chi connectivity index (χ1n) is 6.06. The van der Waals surface area contributed by atoms with Crippen LogP contribution in [0.5, 0.6) is 0 Å². The molecule has 0 radical (unpaired) electrons. The van der Waals surface area contributed by atoms with Gasteiger partial charge in [-0.2, -0.15) is 5.26 Å². The van der Waals surface area contributed by atoms with E-state index in [1.54, 1.807) is 14.0 Å². The maximum Gasteiger partial charge on any atom is 0.308 e. The van der Waals surface area contributed by atoms with Gasteiger partial charge in [-0.3, -0.25) is 9.69 Å². The van der Waals surface area contributed by atoms with Crippen molar-refractivity contribution in [3.05, 3.63) is 0 Å². The number of rotatable bonds is 10. The van der Waals surface area contributed by atoms with Gasteiger partial charge in [0.25, 0.3) is 0 Å². The molecule has 0 fully saturated rings. The monoisotopic (exact) mass is 258 g/mol. The first-order chi connectivity index (χ1) is 8.63. The van der Waals surface area contributed by atoms with Gasteiger partial charge in [-0.1, -0.05) is 0 Å². The van der Waals surface area contributed by atoms with Crippen LogP contribution in [0.2, 0.25) is 0 Å². The van der Waals surface area contributed by atoms with Gasteiger partial charge in [0.2, 0.25) is 0 Å². The lowest BCUT2D eigenvalue weighted by Crippen LogP contribution is -2.36. The molecule has 0 aromatic heterocycles. The number of aliphatic hydroxyl groups excluding tert-OH is 1. The fourth-order valence-corrected chi connectivity index (χ4v) is 1.50. The Morgan fingerprint density at radius 1 is 1.50 bits per heavy atom. The minimum absolute atomic E-state index is 0.0239. The molecule has 18 heavy (non-hydrogen) atoms. The molecule has 0 spiro atoms. The van der Waals surface area contributed by atoms with Gasteiger partial charge in [0, 0.05) is 33.2 Å². The van der Waals surface area contributed by atoms with Crippen LogP contribution in [0.15, 0.2) is 0 Å². The van der Waals surface area contributed by atoms with Crippen molar-refractivity contribution in [1.29, 1.82) is 5.26 Å². The normalized spacial score (nSPS) is 12.2. The van der Waals surface area contributed by atoms with Crippen molar-refractivity contribution >= 4 is 5.97 Å². The van der Waals surface area contributed by atoms with Crippen LogP contribution in [-0.2, 0) is 14.3 Å². The highest BCUT2D eigenvalue weighted by Gasteiger charge is 2.15. The van der Waals surface area contributed by atoms with Crippen LogP contribution >= 0.6 is 0 Å². The number of esters is 1. The number of aliphatic hydroxyl groups is 1. The molecule has 0 aliphatic rings. The summed E-state index contributed by atoms with van der Waals surface area (Å²) in [6.07, 6.45) is -0.417.